The molecule has 8 nitrogen and oxygen atoms in total. The van der Waals surface area contributed by atoms with E-state index in [1.165, 1.54) is 38.7 Å². The Balaban J connectivity index is 0.00000167. The van der Waals surface area contributed by atoms with Crippen LogP contribution in [0.25, 0.3) is 16.6 Å². The van der Waals surface area contributed by atoms with Gasteiger partial charge in [0.2, 0.25) is 5.88 Å². The van der Waals surface area contributed by atoms with Crippen molar-refractivity contribution in [3.05, 3.63) is 70.6 Å². The van der Waals surface area contributed by atoms with Gasteiger partial charge < -0.3 is 9.14 Å². The Morgan fingerprint density at radius 1 is 1.14 bits per heavy atom. The Labute approximate surface area is 211 Å². The van der Waals surface area contributed by atoms with Gasteiger partial charge in [0.25, 0.3) is 10.0 Å². The fraction of sp³-hybridized carbons (Fsp3) is 0.174. The summed E-state index contributed by atoms with van der Waals surface area (Å²) in [6, 6.07) is 6.88. The second-order valence-corrected chi connectivity index (χ2v) is 9.40. The van der Waals surface area contributed by atoms with Crippen LogP contribution in [0.5, 0.6) is 5.88 Å². The smallest absolute Gasteiger partial charge is 0.267 e. The summed E-state index contributed by atoms with van der Waals surface area (Å²) < 4.78 is 50.1. The van der Waals surface area contributed by atoms with E-state index in [-0.39, 0.29) is 43.5 Å². The van der Waals surface area contributed by atoms with E-state index in [4.69, 9.17) is 27.9 Å². The zero-order valence-electron chi connectivity index (χ0n) is 19.1. The molecule has 1 N–H and O–H groups in total. The number of Topliss-reactive ketones (excluding diaryl/α,β-unsaturated/α-hetero) is 1. The molecule has 0 fully saturated rings. The van der Waals surface area contributed by atoms with Gasteiger partial charge in [-0.15, -0.1) is 0 Å². The van der Waals surface area contributed by atoms with Crippen molar-refractivity contribution in [2.75, 3.05) is 11.8 Å². The van der Waals surface area contributed by atoms with Crippen LogP contribution in [0.3, 0.4) is 0 Å². The molecule has 0 amide bonds. The first kappa shape index (κ1) is 26.4. The second-order valence-electron chi connectivity index (χ2n) is 6.91. The van der Waals surface area contributed by atoms with Crippen molar-refractivity contribution in [3.63, 3.8) is 0 Å². The first-order valence-corrected chi connectivity index (χ1v) is 12.5. The Hall–Kier alpha value is -3.21. The van der Waals surface area contributed by atoms with E-state index in [9.17, 15) is 13.2 Å². The van der Waals surface area contributed by atoms with E-state index < -0.39 is 15.8 Å². The van der Waals surface area contributed by atoms with Gasteiger partial charge in [-0.2, -0.15) is 0 Å². The first-order chi connectivity index (χ1) is 16.6. The number of hydrogen-bond donors (Lipinski definition) is 1. The molecule has 12 heteroatoms. The van der Waals surface area contributed by atoms with Gasteiger partial charge in [-0.05, 0) is 24.3 Å². The minimum atomic E-state index is -4.31. The van der Waals surface area contributed by atoms with Crippen molar-refractivity contribution in [2.24, 2.45) is 0 Å². The molecule has 184 valence electrons. The Morgan fingerprint density at radius 3 is 2.51 bits per heavy atom. The number of fused-ring (bicyclic) bond motifs is 1. The number of pyridine rings is 2. The van der Waals surface area contributed by atoms with Crippen LogP contribution in [-0.4, -0.2) is 35.7 Å². The van der Waals surface area contributed by atoms with Crippen LogP contribution in [0.2, 0.25) is 10.0 Å². The second kappa shape index (κ2) is 10.6. The minimum absolute atomic E-state index is 0.0342. The van der Waals surface area contributed by atoms with Crippen molar-refractivity contribution in [1.29, 1.82) is 0 Å². The summed E-state index contributed by atoms with van der Waals surface area (Å²) in [7, 11) is -3.06. The van der Waals surface area contributed by atoms with Gasteiger partial charge in [0, 0.05) is 30.4 Å². The normalized spacial score (nSPS) is 11.1. The zero-order valence-corrected chi connectivity index (χ0v) is 21.5. The number of halogens is 3. The van der Waals surface area contributed by atoms with Crippen LogP contribution in [0.1, 0.15) is 31.3 Å². The molecular weight excluding hydrogens is 518 g/mol. The molecule has 0 unspecified atom stereocenters. The van der Waals surface area contributed by atoms with Gasteiger partial charge >= 0.3 is 0 Å². The average Bonchev–Trinajstić information content (AvgIpc) is 3.26. The van der Waals surface area contributed by atoms with Crippen molar-refractivity contribution >= 4 is 50.2 Å². The van der Waals surface area contributed by atoms with Gasteiger partial charge in [0.05, 0.1) is 28.4 Å². The number of nitrogens with zero attached hydrogens (tertiary/aromatic N) is 3. The number of nitrogens with one attached hydrogen (secondary N) is 1. The molecule has 0 saturated heterocycles. The number of carbonyl (C=O) groups is 1. The van der Waals surface area contributed by atoms with Crippen LogP contribution in [0.4, 0.5) is 10.1 Å². The summed E-state index contributed by atoms with van der Waals surface area (Å²) in [6.07, 6.45) is 4.19. The minimum Gasteiger partial charge on any atom is -0.480 e. The molecule has 0 radical (unpaired) electrons. The van der Waals surface area contributed by atoms with Gasteiger partial charge in [0.1, 0.15) is 12.0 Å². The molecule has 0 aliphatic heterocycles. The number of sulfonamides is 1. The quantitative estimate of drug-likeness (QED) is 0.307. The maximum Gasteiger partial charge on any atom is 0.267 e. The predicted octanol–water partition coefficient (Wildman–Crippen LogP) is 5.88. The zero-order chi connectivity index (χ0) is 25.9. The van der Waals surface area contributed by atoms with E-state index in [1.807, 2.05) is 13.8 Å². The van der Waals surface area contributed by atoms with Crippen LogP contribution in [0, 0.1) is 5.82 Å². The number of anilines is 1. The lowest BCUT2D eigenvalue weighted by atomic mass is 10.1. The summed E-state index contributed by atoms with van der Waals surface area (Å²) in [4.78, 5) is 19.2. The molecule has 0 aliphatic carbocycles. The highest BCUT2D eigenvalue weighted by molar-refractivity contribution is 7.92. The number of ether oxygens (including phenoxy) is 1. The third-order valence-electron chi connectivity index (χ3n) is 4.76. The van der Waals surface area contributed by atoms with Gasteiger partial charge in [-0.3, -0.25) is 9.52 Å². The summed E-state index contributed by atoms with van der Waals surface area (Å²) in [5.41, 5.74) is 0.791. The third kappa shape index (κ3) is 5.24. The third-order valence-corrected chi connectivity index (χ3v) is 6.64. The van der Waals surface area contributed by atoms with Crippen LogP contribution < -0.4 is 9.46 Å². The molecule has 4 aromatic rings. The van der Waals surface area contributed by atoms with Crippen molar-refractivity contribution in [2.45, 2.75) is 25.7 Å². The number of methoxy groups -OCH3 is 1. The largest absolute Gasteiger partial charge is 0.480 e. The molecule has 0 aliphatic rings. The number of hydrogen-bond acceptors (Lipinski definition) is 6. The molecular formula is C23H21Cl2FN4O4S. The van der Waals surface area contributed by atoms with E-state index in [2.05, 4.69) is 14.7 Å². The van der Waals surface area contributed by atoms with Gasteiger partial charge in [-0.1, -0.05) is 43.1 Å². The van der Waals surface area contributed by atoms with E-state index in [0.717, 1.165) is 6.07 Å². The van der Waals surface area contributed by atoms with Crippen LogP contribution >= 0.6 is 23.2 Å². The van der Waals surface area contributed by atoms with Crippen LogP contribution in [0.15, 0.2) is 53.9 Å². The average molecular weight is 539 g/mol. The molecule has 0 saturated carbocycles. The van der Waals surface area contributed by atoms with E-state index in [0.29, 0.717) is 11.1 Å². The standard InChI is InChI=1S/C21H15Cl2FN4O4S.C2H6/c1-11(29)20-16-6-3-12(9-28(16)10-26-20)18-14(23)4-5-15(19(18)24)27-33(30,31)17-7-13(22)8-25-21(17)32-2;1-2/h3-10,27H,1-2H3;1-2H3. The predicted molar refractivity (Wildman–Crippen MR) is 134 cm³/mol. The molecule has 4 rings (SSSR count). The number of aromatic nitrogens is 3. The lowest BCUT2D eigenvalue weighted by molar-refractivity contribution is 0.101. The summed E-state index contributed by atoms with van der Waals surface area (Å²) >= 11 is 12.1. The SMILES string of the molecule is CC.COc1ncc(Cl)cc1S(=O)(=O)Nc1ccc(Cl)c(-c2ccc3c(C(C)=O)ncn3c2)c1F. The Kier molecular flexibility index (Phi) is 7.99. The fourth-order valence-electron chi connectivity index (χ4n) is 3.27. The maximum atomic E-state index is 15.5. The summed E-state index contributed by atoms with van der Waals surface area (Å²) in [6.45, 7) is 5.40. The molecule has 0 bridgehead atoms. The lowest BCUT2D eigenvalue weighted by Crippen LogP contribution is -2.16. The van der Waals surface area contributed by atoms with E-state index in [1.54, 1.807) is 22.7 Å². The number of benzene rings is 1. The monoisotopic (exact) mass is 538 g/mol. The number of imidazole rings is 1. The molecule has 3 heterocycles. The van der Waals surface area contributed by atoms with Crippen molar-refractivity contribution in [1.82, 2.24) is 14.4 Å². The summed E-state index contributed by atoms with van der Waals surface area (Å²) in [5, 5.41) is 0.121. The molecule has 1 aromatic carbocycles. The number of carbonyl (C=O) groups excluding carboxylic acids is 1. The Bertz CT molecular complexity index is 1520. The lowest BCUT2D eigenvalue weighted by Gasteiger charge is -2.14. The highest BCUT2D eigenvalue weighted by atomic mass is 35.5. The number of ketones is 1. The van der Waals surface area contributed by atoms with Gasteiger partial charge in [-0.25, -0.2) is 22.8 Å². The Morgan fingerprint density at radius 2 is 1.86 bits per heavy atom. The van der Waals surface area contributed by atoms with E-state index >= 15 is 4.39 Å². The summed E-state index contributed by atoms with van der Waals surface area (Å²) in [5.74, 6) is -1.31. The number of rotatable bonds is 6. The van der Waals surface area contributed by atoms with Crippen LogP contribution in [-0.2, 0) is 10.0 Å². The highest BCUT2D eigenvalue weighted by Crippen LogP contribution is 2.36. The molecule has 0 spiro atoms. The molecule has 3 aromatic heterocycles. The highest BCUT2D eigenvalue weighted by Gasteiger charge is 2.25. The van der Waals surface area contributed by atoms with Crippen molar-refractivity contribution in [3.8, 4) is 17.0 Å². The molecule has 0 atom stereocenters. The van der Waals surface area contributed by atoms with Crippen molar-refractivity contribution < 1.29 is 22.3 Å². The topological polar surface area (TPSA) is 103 Å². The maximum absolute atomic E-state index is 15.5. The first-order valence-electron chi connectivity index (χ1n) is 10.3. The molecule has 35 heavy (non-hydrogen) atoms. The fourth-order valence-corrected chi connectivity index (χ4v) is 4.95. The van der Waals surface area contributed by atoms with Gasteiger partial charge in [0.15, 0.2) is 16.5 Å².